The van der Waals surface area contributed by atoms with Crippen LogP contribution in [-0.2, 0) is 0 Å². The van der Waals surface area contributed by atoms with E-state index in [9.17, 15) is 27.2 Å². The number of fused-ring (bicyclic) bond motifs is 14. The maximum atomic E-state index is 11.2. The average Bonchev–Trinajstić information content (AvgIpc) is 1.66. The van der Waals surface area contributed by atoms with E-state index in [4.69, 9.17) is 23.9 Å². The standard InChI is InChI=1S/C51H27BN4O2/c53-28-29-24-42-47-43(25-29)56-40-17-8-14-35-33-12-4-6-16-39(33)55(48(35)40)41-18-9-15-38(50(41)56)52(47)51-49(37-26-31(20-22-46(37)58-51)30-10-2-1-3-11-30)54(42)32-21-23-45-36(27-32)34-13-5-7-19-44(34)57-45/h1-27H/i1D,2D,3D,4D,5D,6D,7D,8D,9D,10D,11D,12D,13D,14D,15D,16D,17D,18D,19D,20D,21D,22D,23D,24D,25D,26D,27D. The Balaban J connectivity index is 1.27. The topological polar surface area (TPSA) is 61.5 Å². The van der Waals surface area contributed by atoms with Crippen LogP contribution in [0.4, 0.5) is 34.1 Å². The molecule has 7 heteroatoms. The Kier molecular flexibility index (Phi) is 2.73. The number of hydrogen-bond donors (Lipinski definition) is 0. The molecule has 3 aromatic heterocycles. The molecule has 14 rings (SSSR count). The molecule has 3 aliphatic heterocycles. The lowest BCUT2D eigenvalue weighted by atomic mass is 9.35. The number of anilines is 6. The second-order valence-corrected chi connectivity index (χ2v) is 13.4. The molecule has 0 fully saturated rings. The zero-order valence-electron chi connectivity index (χ0n) is 55.7. The second-order valence-electron chi connectivity index (χ2n) is 13.4. The largest absolute Gasteiger partial charge is 0.468 e. The van der Waals surface area contributed by atoms with Crippen molar-refractivity contribution in [1.82, 2.24) is 4.57 Å². The molecule has 0 unspecified atom stereocenters. The molecule has 0 bridgehead atoms. The molecule has 0 saturated carbocycles. The van der Waals surface area contributed by atoms with Gasteiger partial charge in [-0.05, 0) is 88.5 Å². The highest BCUT2D eigenvalue weighted by molar-refractivity contribution is 7.00. The average molecular weight is 766 g/mol. The van der Waals surface area contributed by atoms with Crippen molar-refractivity contribution in [2.75, 3.05) is 9.80 Å². The van der Waals surface area contributed by atoms with E-state index in [0.29, 0.717) is 0 Å². The van der Waals surface area contributed by atoms with Crippen LogP contribution in [0.25, 0.3) is 71.5 Å². The van der Waals surface area contributed by atoms with E-state index < -0.39 is 281 Å². The first-order valence-electron chi connectivity index (χ1n) is 30.9. The molecule has 0 radical (unpaired) electrons. The molecule has 6 nitrogen and oxygen atoms in total. The highest BCUT2D eigenvalue weighted by atomic mass is 16.3. The van der Waals surface area contributed by atoms with Crippen molar-refractivity contribution in [3.8, 4) is 22.9 Å². The Hall–Kier alpha value is -7.95. The maximum absolute atomic E-state index is 11.2. The molecular formula is C51H27BN4O2. The van der Waals surface area contributed by atoms with Gasteiger partial charge in [-0.25, -0.2) is 0 Å². The lowest BCUT2D eigenvalue weighted by molar-refractivity contribution is 0.651. The van der Waals surface area contributed by atoms with E-state index in [1.54, 1.807) is 0 Å². The van der Waals surface area contributed by atoms with Crippen LogP contribution < -0.4 is 26.4 Å². The van der Waals surface area contributed by atoms with Crippen LogP contribution in [-0.4, -0.2) is 11.3 Å². The lowest BCUT2D eigenvalue weighted by Gasteiger charge is -2.44. The summed E-state index contributed by atoms with van der Waals surface area (Å²) in [5.41, 5.74) is -10.4. The van der Waals surface area contributed by atoms with Gasteiger partial charge in [0, 0.05) is 44.0 Å². The van der Waals surface area contributed by atoms with Crippen molar-refractivity contribution in [3.63, 3.8) is 0 Å². The van der Waals surface area contributed by atoms with Gasteiger partial charge in [-0.1, -0.05) is 96.7 Å². The number of hydrogen-bond acceptors (Lipinski definition) is 5. The van der Waals surface area contributed by atoms with Gasteiger partial charge in [0.2, 0.25) is 0 Å². The minimum Gasteiger partial charge on any atom is -0.468 e. The number of nitrogens with zero attached hydrogens (tertiary/aromatic N) is 4. The first kappa shape index (κ1) is 14.9. The van der Waals surface area contributed by atoms with E-state index in [-0.39, 0.29) is 16.3 Å². The smallest absolute Gasteiger partial charge is 0.297 e. The van der Waals surface area contributed by atoms with Crippen LogP contribution >= 0.6 is 0 Å². The molecule has 0 aliphatic carbocycles. The van der Waals surface area contributed by atoms with Crippen LogP contribution in [0.2, 0.25) is 0 Å². The van der Waals surface area contributed by atoms with Gasteiger partial charge in [-0.3, -0.25) is 0 Å². The quantitative estimate of drug-likeness (QED) is 0.164. The van der Waals surface area contributed by atoms with E-state index in [0.717, 1.165) is 14.4 Å². The molecule has 6 heterocycles. The summed E-state index contributed by atoms with van der Waals surface area (Å²) >= 11 is 0. The van der Waals surface area contributed by atoms with Gasteiger partial charge in [-0.15, -0.1) is 0 Å². The molecule has 8 aromatic carbocycles. The summed E-state index contributed by atoms with van der Waals surface area (Å²) in [5.74, 6) is 0. The fourth-order valence-corrected chi connectivity index (χ4v) is 8.46. The van der Waals surface area contributed by atoms with Crippen LogP contribution in [0.3, 0.4) is 0 Å². The fraction of sp³-hybridized carbons (Fsp3) is 0. The van der Waals surface area contributed by atoms with E-state index in [1.165, 1.54) is 0 Å². The molecule has 58 heavy (non-hydrogen) atoms. The van der Waals surface area contributed by atoms with Crippen molar-refractivity contribution in [3.05, 3.63) is 169 Å². The first-order chi connectivity index (χ1) is 40.0. The van der Waals surface area contributed by atoms with Gasteiger partial charge in [0.25, 0.3) is 6.71 Å². The zero-order valence-corrected chi connectivity index (χ0v) is 28.7. The summed E-state index contributed by atoms with van der Waals surface area (Å²) in [7, 11) is 0. The Morgan fingerprint density at radius 2 is 1.24 bits per heavy atom. The molecule has 0 N–H and O–H groups in total. The van der Waals surface area contributed by atoms with Gasteiger partial charge in [-0.2, -0.15) is 5.26 Å². The third-order valence-electron chi connectivity index (χ3n) is 10.6. The van der Waals surface area contributed by atoms with Crippen molar-refractivity contribution in [2.45, 2.75) is 0 Å². The molecule has 0 amide bonds. The predicted molar refractivity (Wildman–Crippen MR) is 236 cm³/mol. The van der Waals surface area contributed by atoms with Crippen molar-refractivity contribution in [1.29, 1.82) is 5.26 Å². The van der Waals surface area contributed by atoms with E-state index >= 15 is 0 Å². The van der Waals surface area contributed by atoms with Crippen molar-refractivity contribution >= 4 is 112 Å². The number of nitriles is 1. The SMILES string of the molecule is [2H]c1c([2H])c([2H])c(-c2c([2H])c([2H])c3oc4c(c3c2[2H])N(c2c([2H])c([2H])c3oc5c([2H])c([2H])c([2H])c([2H])c5c3c2[2H])c2c([2H])c(C#N)c([2H])c3c2B4c2c([2H])c([2H])c([2H])c4c2N3c2c([2H])c([2H])c([2H])c3c5c([2H])c([2H])c([2H])c([2H])c5n-4c23)c([2H])c1[2H]. The van der Waals surface area contributed by atoms with Crippen LogP contribution in [0.1, 0.15) is 42.6 Å². The molecule has 11 aromatic rings. The van der Waals surface area contributed by atoms with Crippen LogP contribution in [0.5, 0.6) is 0 Å². The second kappa shape index (κ2) is 10.7. The fourth-order valence-electron chi connectivity index (χ4n) is 8.46. The van der Waals surface area contributed by atoms with Crippen LogP contribution in [0, 0.1) is 11.3 Å². The predicted octanol–water partition coefficient (Wildman–Crippen LogP) is 11.4. The summed E-state index contributed by atoms with van der Waals surface area (Å²) in [6.07, 6.45) is 0. The van der Waals surface area contributed by atoms with Crippen molar-refractivity contribution < 1.29 is 45.8 Å². The van der Waals surface area contributed by atoms with Crippen molar-refractivity contribution in [2.24, 2.45) is 0 Å². The Bertz CT molecular complexity index is 5250. The van der Waals surface area contributed by atoms with Gasteiger partial charge >= 0.3 is 0 Å². The molecular weight excluding hydrogens is 711 g/mol. The minimum atomic E-state index is -1.93. The van der Waals surface area contributed by atoms with E-state index in [2.05, 4.69) is 0 Å². The number of benzene rings is 8. The zero-order chi connectivity index (χ0) is 61.3. The molecule has 0 atom stereocenters. The summed E-state index contributed by atoms with van der Waals surface area (Å²) in [6, 6.07) is -21.1. The highest BCUT2D eigenvalue weighted by Crippen LogP contribution is 2.53. The number of para-hydroxylation sites is 4. The van der Waals surface area contributed by atoms with Gasteiger partial charge < -0.3 is 23.2 Å². The summed E-state index contributed by atoms with van der Waals surface area (Å²) in [5, 5.41) is 8.87. The number of rotatable bonds is 2. The monoisotopic (exact) mass is 765 g/mol. The van der Waals surface area contributed by atoms with Gasteiger partial charge in [0.1, 0.15) is 16.7 Å². The van der Waals surface area contributed by atoms with Gasteiger partial charge in [0.05, 0.1) is 88.1 Å². The Labute approximate surface area is 369 Å². The molecule has 266 valence electrons. The normalized spacial score (nSPS) is 19.9. The molecule has 3 aliphatic rings. The van der Waals surface area contributed by atoms with Crippen LogP contribution in [0.15, 0.2) is 172 Å². The third-order valence-corrected chi connectivity index (χ3v) is 10.6. The summed E-state index contributed by atoms with van der Waals surface area (Å²) in [4.78, 5) is 1.92. The number of aromatic nitrogens is 1. The maximum Gasteiger partial charge on any atom is 0.297 e. The lowest BCUT2D eigenvalue weighted by Crippen LogP contribution is -2.61. The summed E-state index contributed by atoms with van der Waals surface area (Å²) in [6.45, 7) is -1.93. The summed E-state index contributed by atoms with van der Waals surface area (Å²) < 4.78 is 264. The Morgan fingerprint density at radius 3 is 2.14 bits per heavy atom. The third kappa shape index (κ3) is 3.68. The molecule has 0 saturated heterocycles. The Morgan fingerprint density at radius 1 is 0.517 bits per heavy atom. The number of furan rings is 2. The highest BCUT2D eigenvalue weighted by Gasteiger charge is 2.49. The minimum absolute atomic E-state index is 0.335. The first-order valence-corrected chi connectivity index (χ1v) is 17.4. The molecule has 0 spiro atoms. The van der Waals surface area contributed by atoms with Gasteiger partial charge in [0.15, 0.2) is 0 Å². The van der Waals surface area contributed by atoms with E-state index in [1.807, 2.05) is 6.07 Å².